The summed E-state index contributed by atoms with van der Waals surface area (Å²) >= 11 is 0. The van der Waals surface area contributed by atoms with E-state index in [-0.39, 0.29) is 46.9 Å². The molecule has 0 spiro atoms. The summed E-state index contributed by atoms with van der Waals surface area (Å²) in [5.41, 5.74) is -0.124. The molecule has 1 saturated heterocycles. The van der Waals surface area contributed by atoms with Gasteiger partial charge in [-0.25, -0.2) is 9.59 Å². The van der Waals surface area contributed by atoms with Gasteiger partial charge in [0.2, 0.25) is 0 Å². The van der Waals surface area contributed by atoms with Crippen LogP contribution in [0.5, 0.6) is 11.5 Å². The molecule has 1 heterocycles. The van der Waals surface area contributed by atoms with Gasteiger partial charge in [-0.15, -0.1) is 0 Å². The molecule has 0 aromatic heterocycles. The molecule has 0 aliphatic carbocycles. The van der Waals surface area contributed by atoms with Gasteiger partial charge >= 0.3 is 17.9 Å². The molecule has 168 valence electrons. The van der Waals surface area contributed by atoms with E-state index in [0.717, 1.165) is 13.0 Å². The van der Waals surface area contributed by atoms with Crippen LogP contribution in [0, 0.1) is 0 Å². The van der Waals surface area contributed by atoms with Crippen LogP contribution in [-0.2, 0) is 9.53 Å². The van der Waals surface area contributed by atoms with E-state index in [4.69, 9.17) is 14.2 Å². The van der Waals surface area contributed by atoms with E-state index in [9.17, 15) is 24.3 Å². The number of ether oxygens (including phenoxy) is 3. The summed E-state index contributed by atoms with van der Waals surface area (Å²) < 4.78 is 16.3. The zero-order valence-electron chi connectivity index (χ0n) is 17.7. The summed E-state index contributed by atoms with van der Waals surface area (Å²) in [5.74, 6) is -4.38. The minimum Gasteiger partial charge on any atom is -0.478 e. The number of amides is 1. The summed E-state index contributed by atoms with van der Waals surface area (Å²) in [6, 6.07) is 9.16. The largest absolute Gasteiger partial charge is 0.478 e. The number of carboxylic acids is 1. The number of rotatable bonds is 7. The molecule has 1 atom stereocenters. The Balaban J connectivity index is 2.27. The molecule has 1 aliphatic heterocycles. The van der Waals surface area contributed by atoms with Crippen LogP contribution in [0.1, 0.15) is 62.8 Å². The van der Waals surface area contributed by atoms with E-state index in [1.54, 1.807) is 37.3 Å². The highest BCUT2D eigenvalue weighted by Crippen LogP contribution is 2.44. The Morgan fingerprint density at radius 1 is 1.16 bits per heavy atom. The van der Waals surface area contributed by atoms with Crippen molar-refractivity contribution < 1.29 is 38.5 Å². The Labute approximate surface area is 184 Å². The normalized spacial score (nSPS) is 15.1. The Morgan fingerprint density at radius 3 is 2.44 bits per heavy atom. The first-order valence-electron chi connectivity index (χ1n) is 10.1. The van der Waals surface area contributed by atoms with Crippen LogP contribution in [0.25, 0.3) is 0 Å². The zero-order valence-corrected chi connectivity index (χ0v) is 17.7. The second kappa shape index (κ2) is 10.1. The molecule has 2 N–H and O–H groups in total. The average Bonchev–Trinajstić information content (AvgIpc) is 3.29. The lowest BCUT2D eigenvalue weighted by Gasteiger charge is -2.22. The van der Waals surface area contributed by atoms with Crippen molar-refractivity contribution in [1.29, 1.82) is 0 Å². The van der Waals surface area contributed by atoms with Gasteiger partial charge in [0.15, 0.2) is 11.5 Å². The van der Waals surface area contributed by atoms with E-state index in [2.05, 4.69) is 5.32 Å². The van der Waals surface area contributed by atoms with Crippen molar-refractivity contribution in [3.05, 3.63) is 58.7 Å². The molecule has 2 aromatic carbocycles. The monoisotopic (exact) mass is 441 g/mol. The summed E-state index contributed by atoms with van der Waals surface area (Å²) in [7, 11) is 0. The summed E-state index contributed by atoms with van der Waals surface area (Å²) in [6.07, 6.45) is 0.463. The Hall–Kier alpha value is -3.72. The van der Waals surface area contributed by atoms with Gasteiger partial charge in [-0.2, -0.15) is 0 Å². The zero-order chi connectivity index (χ0) is 23.3. The number of benzene rings is 2. The van der Waals surface area contributed by atoms with Gasteiger partial charge in [0.1, 0.15) is 0 Å². The van der Waals surface area contributed by atoms with Gasteiger partial charge in [-0.1, -0.05) is 18.2 Å². The summed E-state index contributed by atoms with van der Waals surface area (Å²) in [5, 5.41) is 12.4. The maximum Gasteiger partial charge on any atom is 0.343 e. The maximum absolute atomic E-state index is 12.9. The first kappa shape index (κ1) is 23.0. The van der Waals surface area contributed by atoms with E-state index >= 15 is 0 Å². The molecule has 9 nitrogen and oxygen atoms in total. The second-order valence-electron chi connectivity index (χ2n) is 7.11. The predicted octanol–water partition coefficient (Wildman–Crippen LogP) is 2.78. The van der Waals surface area contributed by atoms with Crippen molar-refractivity contribution >= 4 is 23.8 Å². The van der Waals surface area contributed by atoms with Crippen LogP contribution < -0.4 is 14.8 Å². The Bertz CT molecular complexity index is 1040. The predicted molar refractivity (Wildman–Crippen MR) is 112 cm³/mol. The number of hydrogen-bond donors (Lipinski definition) is 2. The van der Waals surface area contributed by atoms with Crippen LogP contribution in [0.15, 0.2) is 36.4 Å². The van der Waals surface area contributed by atoms with E-state index in [1.807, 2.05) is 0 Å². The molecular formula is C23H23NO8. The third kappa shape index (κ3) is 4.94. The van der Waals surface area contributed by atoms with Crippen molar-refractivity contribution in [2.45, 2.75) is 26.2 Å². The van der Waals surface area contributed by atoms with Crippen LogP contribution in [0.2, 0.25) is 0 Å². The highest BCUT2D eigenvalue weighted by Gasteiger charge is 2.35. The molecule has 2 aromatic rings. The highest BCUT2D eigenvalue weighted by atomic mass is 16.6. The van der Waals surface area contributed by atoms with Crippen molar-refractivity contribution in [2.24, 2.45) is 0 Å². The number of aromatic carboxylic acids is 1. The Kier molecular flexibility index (Phi) is 7.21. The van der Waals surface area contributed by atoms with Crippen LogP contribution in [0.3, 0.4) is 0 Å². The van der Waals surface area contributed by atoms with Crippen LogP contribution in [-0.4, -0.2) is 48.7 Å². The number of nitrogens with one attached hydrogen (secondary N) is 1. The van der Waals surface area contributed by atoms with Gasteiger partial charge in [-0.05, 0) is 25.5 Å². The lowest BCUT2D eigenvalue weighted by molar-refractivity contribution is -0.132. The lowest BCUT2D eigenvalue weighted by Crippen LogP contribution is -2.28. The first-order chi connectivity index (χ1) is 15.3. The van der Waals surface area contributed by atoms with Gasteiger partial charge in [-0.3, -0.25) is 9.59 Å². The fraction of sp³-hybridized carbons (Fsp3) is 0.304. The number of carboxylic acid groups (broad SMARTS) is 1. The van der Waals surface area contributed by atoms with Crippen LogP contribution in [0.4, 0.5) is 0 Å². The molecule has 32 heavy (non-hydrogen) atoms. The van der Waals surface area contributed by atoms with Crippen molar-refractivity contribution in [3.8, 4) is 11.5 Å². The van der Waals surface area contributed by atoms with Crippen molar-refractivity contribution in [2.75, 3.05) is 19.8 Å². The molecule has 9 heteroatoms. The third-order valence-corrected chi connectivity index (χ3v) is 4.87. The number of hydrogen-bond acceptors (Lipinski definition) is 7. The number of carbonyl (C=O) groups is 4. The standard InChI is InChI=1S/C23H23NO8/c1-3-24-21(26)19-16(22(27)28)11-17(31-13(2)25)20(18(19)15-9-10-30-12-15)32-23(29)14-7-5-4-6-8-14/h4-8,11,15H,3,9-10,12H2,1-2H3,(H,24,26)(H,27,28). The minimum absolute atomic E-state index is 0.151. The molecule has 1 amide bonds. The van der Waals surface area contributed by atoms with E-state index < -0.39 is 29.7 Å². The van der Waals surface area contributed by atoms with Crippen molar-refractivity contribution in [1.82, 2.24) is 5.32 Å². The molecule has 3 rings (SSSR count). The topological polar surface area (TPSA) is 128 Å². The van der Waals surface area contributed by atoms with Gasteiger partial charge in [0.25, 0.3) is 5.91 Å². The van der Waals surface area contributed by atoms with Gasteiger partial charge in [0.05, 0.1) is 23.3 Å². The van der Waals surface area contributed by atoms with Gasteiger partial charge in [0, 0.05) is 37.6 Å². The smallest absolute Gasteiger partial charge is 0.343 e. The maximum atomic E-state index is 12.9. The molecule has 1 unspecified atom stereocenters. The molecule has 0 bridgehead atoms. The average molecular weight is 441 g/mol. The molecule has 1 aliphatic rings. The minimum atomic E-state index is -1.39. The summed E-state index contributed by atoms with van der Waals surface area (Å²) in [6.45, 7) is 3.65. The molecule has 0 radical (unpaired) electrons. The fourth-order valence-corrected chi connectivity index (χ4v) is 3.54. The number of carbonyl (C=O) groups excluding carboxylic acids is 3. The molecule has 0 saturated carbocycles. The van der Waals surface area contributed by atoms with E-state index in [1.165, 1.54) is 0 Å². The fourth-order valence-electron chi connectivity index (χ4n) is 3.54. The highest BCUT2D eigenvalue weighted by molar-refractivity contribution is 6.07. The third-order valence-electron chi connectivity index (χ3n) is 4.87. The first-order valence-corrected chi connectivity index (χ1v) is 10.1. The van der Waals surface area contributed by atoms with E-state index in [0.29, 0.717) is 13.0 Å². The van der Waals surface area contributed by atoms with Crippen molar-refractivity contribution in [3.63, 3.8) is 0 Å². The van der Waals surface area contributed by atoms with Gasteiger partial charge < -0.3 is 24.6 Å². The SMILES string of the molecule is CCNC(=O)c1c(C(=O)O)cc(OC(C)=O)c(OC(=O)c2ccccc2)c1C1CCOC1. The quantitative estimate of drug-likeness (QED) is 0.496. The molecular weight excluding hydrogens is 418 g/mol. The lowest BCUT2D eigenvalue weighted by atomic mass is 9.88. The summed E-state index contributed by atoms with van der Waals surface area (Å²) in [4.78, 5) is 49.5. The second-order valence-corrected chi connectivity index (χ2v) is 7.11. The van der Waals surface area contributed by atoms with Crippen LogP contribution >= 0.6 is 0 Å². The Morgan fingerprint density at radius 2 is 1.88 bits per heavy atom. The molecule has 1 fully saturated rings. The number of esters is 2.